The molecule has 0 aromatic heterocycles. The summed E-state index contributed by atoms with van der Waals surface area (Å²) in [7, 11) is 2.05. The van der Waals surface area contributed by atoms with Gasteiger partial charge >= 0.3 is 0 Å². The van der Waals surface area contributed by atoms with E-state index in [2.05, 4.69) is 30.4 Å². The third-order valence-electron chi connectivity index (χ3n) is 3.57. The summed E-state index contributed by atoms with van der Waals surface area (Å²) in [6.07, 6.45) is 5.09. The second-order valence-corrected chi connectivity index (χ2v) is 6.07. The van der Waals surface area contributed by atoms with Gasteiger partial charge < -0.3 is 5.32 Å². The number of rotatable bonds is 5. The first kappa shape index (κ1) is 13.0. The molecule has 94 valence electrons. The van der Waals surface area contributed by atoms with Crippen LogP contribution in [0.2, 0.25) is 0 Å². The molecular weight excluding hydrogens is 226 g/mol. The first-order valence-corrected chi connectivity index (χ1v) is 7.71. The van der Waals surface area contributed by atoms with Gasteiger partial charge in [-0.15, -0.1) is 11.8 Å². The van der Waals surface area contributed by atoms with Gasteiger partial charge in [0.05, 0.1) is 0 Å². The summed E-state index contributed by atoms with van der Waals surface area (Å²) in [6.45, 7) is 3.42. The minimum atomic E-state index is 0.772. The van der Waals surface area contributed by atoms with Crippen LogP contribution < -0.4 is 5.32 Å². The molecule has 1 aliphatic heterocycles. The molecule has 1 unspecified atom stereocenters. The Kier molecular flexibility index (Phi) is 4.93. The molecular formula is C15H23NS. The van der Waals surface area contributed by atoms with Crippen molar-refractivity contribution in [1.82, 2.24) is 5.32 Å². The quantitative estimate of drug-likeness (QED) is 0.857. The van der Waals surface area contributed by atoms with Gasteiger partial charge in [0.1, 0.15) is 0 Å². The second kappa shape index (κ2) is 6.46. The van der Waals surface area contributed by atoms with E-state index < -0.39 is 0 Å². The van der Waals surface area contributed by atoms with Gasteiger partial charge in [0.25, 0.3) is 0 Å². The standard InChI is InChI=1S/C15H23NS/c1-3-12(11-16-2)9-13-6-7-15-14(10-13)5-4-8-17-15/h6-7,10,12,16H,3-5,8-9,11H2,1-2H3. The van der Waals surface area contributed by atoms with Gasteiger partial charge in [-0.3, -0.25) is 0 Å². The molecule has 17 heavy (non-hydrogen) atoms. The molecule has 0 amide bonds. The van der Waals surface area contributed by atoms with Crippen molar-refractivity contribution < 1.29 is 0 Å². The number of nitrogens with one attached hydrogen (secondary N) is 1. The lowest BCUT2D eigenvalue weighted by Gasteiger charge is -2.18. The zero-order chi connectivity index (χ0) is 12.1. The van der Waals surface area contributed by atoms with Gasteiger partial charge in [-0.25, -0.2) is 0 Å². The molecule has 1 aromatic carbocycles. The van der Waals surface area contributed by atoms with E-state index in [9.17, 15) is 0 Å². The smallest absolute Gasteiger partial charge is 0.0104 e. The summed E-state index contributed by atoms with van der Waals surface area (Å²) < 4.78 is 0. The Morgan fingerprint density at radius 2 is 2.29 bits per heavy atom. The van der Waals surface area contributed by atoms with E-state index in [-0.39, 0.29) is 0 Å². The molecule has 2 heteroatoms. The highest BCUT2D eigenvalue weighted by Gasteiger charge is 2.12. The third kappa shape index (κ3) is 3.49. The van der Waals surface area contributed by atoms with Gasteiger partial charge in [-0.2, -0.15) is 0 Å². The molecule has 1 atom stereocenters. The molecule has 1 heterocycles. The maximum atomic E-state index is 3.30. The maximum Gasteiger partial charge on any atom is 0.0104 e. The lowest BCUT2D eigenvalue weighted by molar-refractivity contribution is 0.481. The van der Waals surface area contributed by atoms with Crippen LogP contribution in [-0.4, -0.2) is 19.3 Å². The number of benzene rings is 1. The monoisotopic (exact) mass is 249 g/mol. The lowest BCUT2D eigenvalue weighted by atomic mass is 9.95. The SMILES string of the molecule is CCC(CNC)Cc1ccc2c(c1)CCCS2. The topological polar surface area (TPSA) is 12.0 Å². The summed E-state index contributed by atoms with van der Waals surface area (Å²) in [5.41, 5.74) is 3.10. The van der Waals surface area contributed by atoms with Crippen molar-refractivity contribution in [2.75, 3.05) is 19.3 Å². The fraction of sp³-hybridized carbons (Fsp3) is 0.600. The molecule has 1 aliphatic rings. The van der Waals surface area contributed by atoms with Gasteiger partial charge in [0.2, 0.25) is 0 Å². The Morgan fingerprint density at radius 3 is 3.06 bits per heavy atom. The van der Waals surface area contributed by atoms with Gasteiger partial charge in [-0.1, -0.05) is 25.5 Å². The highest BCUT2D eigenvalue weighted by atomic mass is 32.2. The van der Waals surface area contributed by atoms with Crippen molar-refractivity contribution in [1.29, 1.82) is 0 Å². The summed E-state index contributed by atoms with van der Waals surface area (Å²) >= 11 is 2.02. The molecule has 0 saturated carbocycles. The van der Waals surface area contributed by atoms with Crippen LogP contribution in [0.15, 0.2) is 23.1 Å². The fourth-order valence-corrected chi connectivity index (χ4v) is 3.54. The zero-order valence-corrected chi connectivity index (χ0v) is 11.8. The number of thioether (sulfide) groups is 1. The Hall–Kier alpha value is -0.470. The number of hydrogen-bond acceptors (Lipinski definition) is 2. The average molecular weight is 249 g/mol. The van der Waals surface area contributed by atoms with E-state index in [1.165, 1.54) is 41.9 Å². The normalized spacial score (nSPS) is 16.6. The van der Waals surface area contributed by atoms with Crippen LogP contribution in [0.4, 0.5) is 0 Å². The summed E-state index contributed by atoms with van der Waals surface area (Å²) in [6, 6.07) is 7.11. The van der Waals surface area contributed by atoms with Crippen LogP contribution in [0, 0.1) is 5.92 Å². The zero-order valence-electron chi connectivity index (χ0n) is 11.0. The molecule has 2 rings (SSSR count). The number of hydrogen-bond donors (Lipinski definition) is 1. The van der Waals surface area contributed by atoms with E-state index in [4.69, 9.17) is 0 Å². The second-order valence-electron chi connectivity index (χ2n) is 4.93. The Bertz CT molecular complexity index is 362. The van der Waals surface area contributed by atoms with E-state index in [0.29, 0.717) is 0 Å². The van der Waals surface area contributed by atoms with Crippen molar-refractivity contribution in [3.63, 3.8) is 0 Å². The number of fused-ring (bicyclic) bond motifs is 1. The molecule has 1 aromatic rings. The average Bonchev–Trinajstić information content (AvgIpc) is 2.38. The lowest BCUT2D eigenvalue weighted by Crippen LogP contribution is -2.20. The first-order chi connectivity index (χ1) is 8.33. The van der Waals surface area contributed by atoms with Gasteiger partial charge in [0, 0.05) is 4.90 Å². The van der Waals surface area contributed by atoms with Crippen LogP contribution in [0.5, 0.6) is 0 Å². The van der Waals surface area contributed by atoms with Crippen LogP contribution in [0.1, 0.15) is 30.9 Å². The third-order valence-corrected chi connectivity index (χ3v) is 4.77. The number of aryl methyl sites for hydroxylation is 1. The van der Waals surface area contributed by atoms with Crippen molar-refractivity contribution in [2.24, 2.45) is 5.92 Å². The Morgan fingerprint density at radius 1 is 1.41 bits per heavy atom. The van der Waals surface area contributed by atoms with Gasteiger partial charge in [0.15, 0.2) is 0 Å². The fourth-order valence-electron chi connectivity index (χ4n) is 2.52. The molecule has 1 nitrogen and oxygen atoms in total. The molecule has 0 radical (unpaired) electrons. The Balaban J connectivity index is 2.05. The highest BCUT2D eigenvalue weighted by Crippen LogP contribution is 2.31. The van der Waals surface area contributed by atoms with Crippen molar-refractivity contribution in [2.45, 2.75) is 37.5 Å². The van der Waals surface area contributed by atoms with E-state index in [0.717, 1.165) is 12.5 Å². The molecule has 0 saturated heterocycles. The summed E-state index contributed by atoms with van der Waals surface area (Å²) in [4.78, 5) is 1.52. The van der Waals surface area contributed by atoms with E-state index in [1.54, 1.807) is 5.56 Å². The first-order valence-electron chi connectivity index (χ1n) is 6.72. The van der Waals surface area contributed by atoms with Crippen LogP contribution in [-0.2, 0) is 12.8 Å². The van der Waals surface area contributed by atoms with E-state index in [1.807, 2.05) is 18.8 Å². The molecule has 0 fully saturated rings. The molecule has 1 N–H and O–H groups in total. The summed E-state index contributed by atoms with van der Waals surface area (Å²) in [5.74, 6) is 2.07. The molecule has 0 spiro atoms. The largest absolute Gasteiger partial charge is 0.319 e. The van der Waals surface area contributed by atoms with E-state index >= 15 is 0 Å². The van der Waals surface area contributed by atoms with Gasteiger partial charge in [-0.05, 0) is 61.7 Å². The van der Waals surface area contributed by atoms with Crippen molar-refractivity contribution in [3.05, 3.63) is 29.3 Å². The van der Waals surface area contributed by atoms with Crippen LogP contribution in [0.25, 0.3) is 0 Å². The molecule has 0 aliphatic carbocycles. The molecule has 0 bridgehead atoms. The Labute approximate surface area is 109 Å². The maximum absolute atomic E-state index is 3.30. The highest BCUT2D eigenvalue weighted by molar-refractivity contribution is 7.99. The minimum absolute atomic E-state index is 0.772. The van der Waals surface area contributed by atoms with Crippen molar-refractivity contribution >= 4 is 11.8 Å². The van der Waals surface area contributed by atoms with Crippen molar-refractivity contribution in [3.8, 4) is 0 Å². The van der Waals surface area contributed by atoms with Crippen LogP contribution >= 0.6 is 11.8 Å². The predicted octanol–water partition coefficient (Wildman–Crippen LogP) is 3.51. The summed E-state index contributed by atoms with van der Waals surface area (Å²) in [5, 5.41) is 3.30. The predicted molar refractivity (Wildman–Crippen MR) is 76.9 cm³/mol. The minimum Gasteiger partial charge on any atom is -0.319 e. The van der Waals surface area contributed by atoms with Crippen LogP contribution in [0.3, 0.4) is 0 Å².